The Morgan fingerprint density at radius 1 is 1.04 bits per heavy atom. The smallest absolute Gasteiger partial charge is 0.245 e. The Morgan fingerprint density at radius 2 is 1.75 bits per heavy atom. The number of nitrogens with zero attached hydrogens (tertiary/aromatic N) is 2. The van der Waals surface area contributed by atoms with Crippen LogP contribution in [0.25, 0.3) is 0 Å². The number of likely N-dealkylation sites (N-methyl/N-ethyl adjacent to an activating group) is 1. The molecule has 0 saturated carbocycles. The number of nitrogens with one attached hydrogen (secondary N) is 2. The summed E-state index contributed by atoms with van der Waals surface area (Å²) in [6, 6.07) is 14.1. The van der Waals surface area contributed by atoms with Gasteiger partial charge in [-0.3, -0.25) is 19.3 Å². The minimum atomic E-state index is -1.35. The molecule has 5 atom stereocenters. The van der Waals surface area contributed by atoms with E-state index < -0.39 is 36.1 Å². The van der Waals surface area contributed by atoms with Gasteiger partial charge >= 0.3 is 0 Å². The Kier molecular flexibility index (Phi) is 13.2. The molecule has 0 spiro atoms. The fourth-order valence-corrected chi connectivity index (χ4v) is 6.37. The first-order valence-corrected chi connectivity index (χ1v) is 17.7. The van der Waals surface area contributed by atoms with E-state index in [0.717, 1.165) is 40.8 Å². The summed E-state index contributed by atoms with van der Waals surface area (Å²) in [6.45, 7) is 8.17. The summed E-state index contributed by atoms with van der Waals surface area (Å²) in [5.41, 5.74) is 4.02. The van der Waals surface area contributed by atoms with Crippen molar-refractivity contribution in [1.82, 2.24) is 20.4 Å². The maximum Gasteiger partial charge on any atom is 0.245 e. The van der Waals surface area contributed by atoms with Crippen molar-refractivity contribution in [1.29, 1.82) is 0 Å². The summed E-state index contributed by atoms with van der Waals surface area (Å²) < 4.78 is 5.95. The number of aliphatic hydroxyl groups is 3. The van der Waals surface area contributed by atoms with Crippen LogP contribution in [0.2, 0.25) is 0 Å². The van der Waals surface area contributed by atoms with Crippen molar-refractivity contribution in [2.75, 3.05) is 46.0 Å². The number of carbonyl (C=O) groups is 3. The van der Waals surface area contributed by atoms with Crippen LogP contribution in [0.1, 0.15) is 60.6 Å². The van der Waals surface area contributed by atoms with Crippen LogP contribution in [0.15, 0.2) is 42.5 Å². The van der Waals surface area contributed by atoms with E-state index in [9.17, 15) is 29.7 Å². The second-order valence-corrected chi connectivity index (χ2v) is 14.0. The minimum Gasteiger partial charge on any atom is -0.387 e. The summed E-state index contributed by atoms with van der Waals surface area (Å²) in [7, 11) is 1.79. The van der Waals surface area contributed by atoms with Crippen LogP contribution >= 0.6 is 11.2 Å². The van der Waals surface area contributed by atoms with Crippen LogP contribution in [0.3, 0.4) is 0 Å². The number of rotatable bonds is 12. The summed E-state index contributed by atoms with van der Waals surface area (Å²) in [5, 5.41) is 40.0. The number of aryl methyl sites for hydroxylation is 2. The predicted octanol–water partition coefficient (Wildman–Crippen LogP) is 1.54. The molecule has 0 aromatic heterocycles. The molecule has 0 bridgehead atoms. The third kappa shape index (κ3) is 9.85. The lowest BCUT2D eigenvalue weighted by atomic mass is 9.89. The highest BCUT2D eigenvalue weighted by molar-refractivity contribution is 7.87. The molecular formula is C36H50N4O7S. The van der Waals surface area contributed by atoms with Crippen molar-refractivity contribution >= 4 is 28.9 Å². The van der Waals surface area contributed by atoms with Crippen molar-refractivity contribution in [2.24, 2.45) is 0 Å². The molecule has 0 radical (unpaired) electrons. The van der Waals surface area contributed by atoms with Crippen molar-refractivity contribution in [2.45, 2.75) is 82.5 Å². The van der Waals surface area contributed by atoms with Crippen molar-refractivity contribution < 1.29 is 34.4 Å². The van der Waals surface area contributed by atoms with Crippen LogP contribution < -0.4 is 10.6 Å². The maximum atomic E-state index is 12.8. The summed E-state index contributed by atoms with van der Waals surface area (Å²) in [6.07, 6.45) is -1.39. The zero-order valence-electron chi connectivity index (χ0n) is 28.6. The first-order chi connectivity index (χ1) is 22.8. The third-order valence-corrected chi connectivity index (χ3v) is 9.57. The van der Waals surface area contributed by atoms with Crippen LogP contribution in [0.5, 0.6) is 0 Å². The summed E-state index contributed by atoms with van der Waals surface area (Å²) in [4.78, 5) is 41.0. The van der Waals surface area contributed by atoms with Crippen LogP contribution in [0.4, 0.5) is 0 Å². The van der Waals surface area contributed by atoms with Crippen molar-refractivity contribution in [3.63, 3.8) is 0 Å². The Bertz CT molecular complexity index is 1510. The van der Waals surface area contributed by atoms with Gasteiger partial charge in [0, 0.05) is 45.9 Å². The Morgan fingerprint density at radius 3 is 2.44 bits per heavy atom. The van der Waals surface area contributed by atoms with E-state index in [4.69, 9.17) is 4.74 Å². The fourth-order valence-electron chi connectivity index (χ4n) is 5.94. The molecule has 48 heavy (non-hydrogen) atoms. The van der Waals surface area contributed by atoms with E-state index >= 15 is 0 Å². The lowest BCUT2D eigenvalue weighted by Gasteiger charge is -2.39. The van der Waals surface area contributed by atoms with Gasteiger partial charge in [0.2, 0.25) is 17.7 Å². The molecule has 2 fully saturated rings. The third-order valence-electron chi connectivity index (χ3n) is 9.11. The zero-order chi connectivity index (χ0) is 35.0. The van der Waals surface area contributed by atoms with Gasteiger partial charge in [-0.15, -0.1) is 11.2 Å². The van der Waals surface area contributed by atoms with Gasteiger partial charge in [-0.2, -0.15) is 0 Å². The lowest BCUT2D eigenvalue weighted by Crippen LogP contribution is -2.56. The van der Waals surface area contributed by atoms with Crippen molar-refractivity contribution in [3.05, 3.63) is 70.3 Å². The van der Waals surface area contributed by atoms with Gasteiger partial charge in [0.1, 0.15) is 36.1 Å². The van der Waals surface area contributed by atoms with Gasteiger partial charge in [0.05, 0.1) is 6.54 Å². The highest BCUT2D eigenvalue weighted by atomic mass is 32.1. The molecule has 2 aliphatic rings. The second kappa shape index (κ2) is 16.8. The predicted molar refractivity (Wildman–Crippen MR) is 186 cm³/mol. The van der Waals surface area contributed by atoms with E-state index in [0.29, 0.717) is 45.4 Å². The molecule has 5 N–H and O–H groups in total. The first-order valence-electron chi connectivity index (χ1n) is 16.5. The largest absolute Gasteiger partial charge is 0.387 e. The molecule has 2 saturated heterocycles. The van der Waals surface area contributed by atoms with E-state index in [-0.39, 0.29) is 17.7 Å². The zero-order valence-corrected chi connectivity index (χ0v) is 29.4. The number of ether oxygens (including phenoxy) is 1. The average molecular weight is 683 g/mol. The number of hydrogen-bond acceptors (Lipinski definition) is 8. The van der Waals surface area contributed by atoms with E-state index in [1.165, 1.54) is 11.2 Å². The topological polar surface area (TPSA) is 152 Å². The molecule has 0 aliphatic carbocycles. The van der Waals surface area contributed by atoms with Gasteiger partial charge in [0.15, 0.2) is 0 Å². The van der Waals surface area contributed by atoms with Gasteiger partial charge in [-0.05, 0) is 67.9 Å². The monoisotopic (exact) mass is 682 g/mol. The number of benzene rings is 2. The van der Waals surface area contributed by atoms with Gasteiger partial charge in [-0.25, -0.2) is 0 Å². The van der Waals surface area contributed by atoms with Crippen LogP contribution in [-0.4, -0.2) is 119 Å². The molecule has 262 valence electrons. The van der Waals surface area contributed by atoms with Gasteiger partial charge in [0.25, 0.3) is 0 Å². The first kappa shape index (κ1) is 37.5. The maximum absolute atomic E-state index is 12.8. The van der Waals surface area contributed by atoms with E-state index in [2.05, 4.69) is 40.1 Å². The molecule has 11 nitrogen and oxygen atoms in total. The highest BCUT2D eigenvalue weighted by Gasteiger charge is 2.43. The number of piperazine rings is 1. The van der Waals surface area contributed by atoms with E-state index in [1.54, 1.807) is 32.1 Å². The fraction of sp³-hybridized carbons (Fsp3) is 0.556. The summed E-state index contributed by atoms with van der Waals surface area (Å²) in [5.74, 6) is -0.372. The Labute approximate surface area is 287 Å². The SMILES string of the molecule is CS#CC1O[C@@H](c2ccc(C)c(Cc3ccc(CCCC(=O)NC(C)(C)C(=O)NCCN4CCN(C)C(=O)C4)cc3)c2)[C@H](O)[C@@H](O)[C@@H]1O. The van der Waals surface area contributed by atoms with Gasteiger partial charge < -0.3 is 35.6 Å². The molecular weight excluding hydrogens is 632 g/mol. The Hall–Kier alpha value is -3.35. The van der Waals surface area contributed by atoms with Crippen LogP contribution in [0, 0.1) is 12.1 Å². The number of amides is 3. The normalized spacial score (nSPS) is 23.4. The Balaban J connectivity index is 1.23. The van der Waals surface area contributed by atoms with Crippen LogP contribution in [-0.2, 0) is 32.0 Å². The van der Waals surface area contributed by atoms with Gasteiger partial charge in [-0.1, -0.05) is 47.6 Å². The van der Waals surface area contributed by atoms with E-state index in [1.807, 2.05) is 30.0 Å². The lowest BCUT2D eigenvalue weighted by molar-refractivity contribution is -0.209. The number of hydrogen-bond donors (Lipinski definition) is 5. The average Bonchev–Trinajstić information content (AvgIpc) is 3.04. The number of carbonyl (C=O) groups excluding carboxylic acids is 3. The standard InChI is InChI=1S/C36H50N4O7S/c1-23-9-14-26(34-33(45)32(44)31(43)28(47-34)22-48-5)20-27(23)19-25-12-10-24(11-13-25)7-6-8-29(41)38-36(2,3)35(46)37-15-16-40-18-17-39(4)30(42)21-40/h9-14,20,28,31-34,43-45H,6-8,15-19,21H2,1-5H3,(H,37,46)(H,38,41)/t28?,31-,32+,33-,34+/m1/s1. The molecule has 1 unspecified atom stereocenters. The molecule has 12 heteroatoms. The molecule has 2 aromatic carbocycles. The molecule has 2 heterocycles. The summed E-state index contributed by atoms with van der Waals surface area (Å²) >= 11 is 1.26. The quantitative estimate of drug-likeness (QED) is 0.226. The second-order valence-electron chi connectivity index (χ2n) is 13.3. The molecule has 2 aliphatic heterocycles. The van der Waals surface area contributed by atoms with Crippen molar-refractivity contribution in [3.8, 4) is 5.18 Å². The molecule has 4 rings (SSSR count). The highest BCUT2D eigenvalue weighted by Crippen LogP contribution is 2.33. The molecule has 3 amide bonds. The number of aliphatic hydroxyl groups excluding tert-OH is 3. The molecule has 2 aromatic rings. The minimum absolute atomic E-state index is 0.0731.